The zero-order chi connectivity index (χ0) is 23.1. The number of aryl methyl sites for hydroxylation is 1. The maximum absolute atomic E-state index is 12.6. The number of carbonyl (C=O) groups is 1. The maximum atomic E-state index is 12.6. The van der Waals surface area contributed by atoms with E-state index >= 15 is 0 Å². The predicted molar refractivity (Wildman–Crippen MR) is 124 cm³/mol. The Balaban J connectivity index is 1.58. The molecule has 32 heavy (non-hydrogen) atoms. The summed E-state index contributed by atoms with van der Waals surface area (Å²) in [5, 5.41) is 2.82. The van der Waals surface area contributed by atoms with Gasteiger partial charge < -0.3 is 14.8 Å². The number of para-hydroxylation sites is 1. The second kappa shape index (κ2) is 10.4. The van der Waals surface area contributed by atoms with Gasteiger partial charge in [0.2, 0.25) is 0 Å². The Bertz CT molecular complexity index is 1200. The molecule has 0 radical (unpaired) electrons. The molecular formula is C23H23ClN2O5S. The van der Waals surface area contributed by atoms with Gasteiger partial charge in [-0.05, 0) is 43.3 Å². The van der Waals surface area contributed by atoms with Crippen LogP contribution in [0.4, 0.5) is 5.69 Å². The van der Waals surface area contributed by atoms with Gasteiger partial charge in [0.1, 0.15) is 11.5 Å². The highest BCUT2D eigenvalue weighted by Gasteiger charge is 2.17. The molecule has 0 aliphatic rings. The van der Waals surface area contributed by atoms with Gasteiger partial charge in [0.05, 0.1) is 17.0 Å². The van der Waals surface area contributed by atoms with E-state index in [2.05, 4.69) is 10.0 Å². The number of nitrogens with one attached hydrogen (secondary N) is 2. The average Bonchev–Trinajstić information content (AvgIpc) is 2.78. The molecule has 2 N–H and O–H groups in total. The zero-order valence-electron chi connectivity index (χ0n) is 17.6. The van der Waals surface area contributed by atoms with Gasteiger partial charge in [-0.15, -0.1) is 0 Å². The number of carbonyl (C=O) groups excluding carboxylic acids is 1. The largest absolute Gasteiger partial charge is 0.496 e. The third-order valence-corrected chi connectivity index (χ3v) is 6.22. The molecule has 0 fully saturated rings. The standard InChI is InChI=1S/C23H23ClN2O5S/c1-16-7-9-18(10-8-16)26-32(28,29)19-11-12-22(20(24)13-19)31-15-23(27)25-14-17-5-3-4-6-21(17)30-2/h3-13,26H,14-15H2,1-2H3,(H,25,27). The minimum absolute atomic E-state index is 0.0175. The number of amides is 1. The van der Waals surface area contributed by atoms with E-state index < -0.39 is 10.0 Å². The van der Waals surface area contributed by atoms with Crippen LogP contribution in [0.2, 0.25) is 5.02 Å². The molecular weight excluding hydrogens is 452 g/mol. The van der Waals surface area contributed by atoms with Gasteiger partial charge in [-0.2, -0.15) is 0 Å². The van der Waals surface area contributed by atoms with Crippen molar-refractivity contribution in [2.45, 2.75) is 18.4 Å². The lowest BCUT2D eigenvalue weighted by molar-refractivity contribution is -0.123. The summed E-state index contributed by atoms with van der Waals surface area (Å²) in [5.41, 5.74) is 2.29. The summed E-state index contributed by atoms with van der Waals surface area (Å²) in [5.74, 6) is 0.519. The van der Waals surface area contributed by atoms with E-state index in [4.69, 9.17) is 21.1 Å². The van der Waals surface area contributed by atoms with Gasteiger partial charge in [-0.1, -0.05) is 47.5 Å². The fourth-order valence-corrected chi connectivity index (χ4v) is 4.22. The highest BCUT2D eigenvalue weighted by atomic mass is 35.5. The van der Waals surface area contributed by atoms with Crippen molar-refractivity contribution >= 4 is 33.2 Å². The Hall–Kier alpha value is -3.23. The van der Waals surface area contributed by atoms with Crippen molar-refractivity contribution in [1.82, 2.24) is 5.32 Å². The van der Waals surface area contributed by atoms with Crippen LogP contribution in [-0.4, -0.2) is 28.0 Å². The number of hydrogen-bond donors (Lipinski definition) is 2. The number of methoxy groups -OCH3 is 1. The second-order valence-corrected chi connectivity index (χ2v) is 9.03. The Kier molecular flexibility index (Phi) is 7.61. The molecule has 0 atom stereocenters. The van der Waals surface area contributed by atoms with Crippen molar-refractivity contribution in [1.29, 1.82) is 0 Å². The molecule has 0 heterocycles. The number of rotatable bonds is 9. The first kappa shape index (κ1) is 23.4. The molecule has 168 valence electrons. The molecule has 3 aromatic carbocycles. The Morgan fingerprint density at radius 2 is 1.72 bits per heavy atom. The smallest absolute Gasteiger partial charge is 0.261 e. The third kappa shape index (κ3) is 6.15. The predicted octanol–water partition coefficient (Wildman–Crippen LogP) is 4.15. The number of hydrogen-bond acceptors (Lipinski definition) is 5. The van der Waals surface area contributed by atoms with Gasteiger partial charge in [0, 0.05) is 17.8 Å². The van der Waals surface area contributed by atoms with Crippen molar-refractivity contribution in [2.24, 2.45) is 0 Å². The van der Waals surface area contributed by atoms with E-state index in [0.29, 0.717) is 11.4 Å². The highest BCUT2D eigenvalue weighted by Crippen LogP contribution is 2.28. The fourth-order valence-electron chi connectivity index (χ4n) is 2.84. The highest BCUT2D eigenvalue weighted by molar-refractivity contribution is 7.92. The minimum Gasteiger partial charge on any atom is -0.496 e. The zero-order valence-corrected chi connectivity index (χ0v) is 19.2. The number of benzene rings is 3. The van der Waals surface area contributed by atoms with Crippen LogP contribution >= 0.6 is 11.6 Å². The quantitative estimate of drug-likeness (QED) is 0.486. The summed E-state index contributed by atoms with van der Waals surface area (Å²) in [6.45, 7) is 1.92. The van der Waals surface area contributed by atoms with E-state index in [0.717, 1.165) is 11.1 Å². The number of sulfonamides is 1. The normalized spacial score (nSPS) is 11.0. The van der Waals surface area contributed by atoms with Gasteiger partial charge in [0.15, 0.2) is 6.61 Å². The summed E-state index contributed by atoms with van der Waals surface area (Å²) in [7, 11) is -2.26. The molecule has 9 heteroatoms. The Morgan fingerprint density at radius 1 is 1.00 bits per heavy atom. The van der Waals surface area contributed by atoms with Crippen molar-refractivity contribution in [2.75, 3.05) is 18.4 Å². The summed E-state index contributed by atoms with van der Waals surface area (Å²) in [4.78, 5) is 12.1. The van der Waals surface area contributed by atoms with Crippen molar-refractivity contribution < 1.29 is 22.7 Å². The maximum Gasteiger partial charge on any atom is 0.261 e. The van der Waals surface area contributed by atoms with Crippen LogP contribution in [0.5, 0.6) is 11.5 Å². The number of anilines is 1. The molecule has 0 aliphatic heterocycles. The second-order valence-electron chi connectivity index (χ2n) is 6.94. The summed E-state index contributed by atoms with van der Waals surface area (Å²) in [6, 6.07) is 18.4. The van der Waals surface area contributed by atoms with Crippen LogP contribution in [0.3, 0.4) is 0 Å². The van der Waals surface area contributed by atoms with Crippen LogP contribution in [0.25, 0.3) is 0 Å². The van der Waals surface area contributed by atoms with Crippen LogP contribution in [-0.2, 0) is 21.4 Å². The topological polar surface area (TPSA) is 93.7 Å². The first-order chi connectivity index (χ1) is 15.3. The molecule has 7 nitrogen and oxygen atoms in total. The van der Waals surface area contributed by atoms with E-state index in [1.54, 1.807) is 37.4 Å². The van der Waals surface area contributed by atoms with Gasteiger partial charge >= 0.3 is 0 Å². The first-order valence-corrected chi connectivity index (χ1v) is 11.5. The van der Waals surface area contributed by atoms with E-state index in [-0.39, 0.29) is 34.7 Å². The van der Waals surface area contributed by atoms with Crippen molar-refractivity contribution in [3.63, 3.8) is 0 Å². The number of halogens is 1. The van der Waals surface area contributed by atoms with Crippen LogP contribution in [0.15, 0.2) is 71.6 Å². The van der Waals surface area contributed by atoms with Crippen molar-refractivity contribution in [3.8, 4) is 11.5 Å². The van der Waals surface area contributed by atoms with Crippen molar-refractivity contribution in [3.05, 3.63) is 82.9 Å². The Labute approximate surface area is 192 Å². The first-order valence-electron chi connectivity index (χ1n) is 9.69. The molecule has 3 aromatic rings. The molecule has 0 saturated heterocycles. The lowest BCUT2D eigenvalue weighted by atomic mass is 10.2. The summed E-state index contributed by atoms with van der Waals surface area (Å²) in [6.07, 6.45) is 0. The van der Waals surface area contributed by atoms with E-state index in [1.807, 2.05) is 25.1 Å². The molecule has 0 bridgehead atoms. The third-order valence-electron chi connectivity index (χ3n) is 4.54. The average molecular weight is 475 g/mol. The molecule has 0 unspecified atom stereocenters. The molecule has 0 aliphatic carbocycles. The van der Waals surface area contributed by atoms with E-state index in [9.17, 15) is 13.2 Å². The monoisotopic (exact) mass is 474 g/mol. The summed E-state index contributed by atoms with van der Waals surface area (Å²) < 4.78 is 38.4. The minimum atomic E-state index is -3.82. The Morgan fingerprint density at radius 3 is 2.41 bits per heavy atom. The van der Waals surface area contributed by atoms with Gasteiger partial charge in [-0.3, -0.25) is 9.52 Å². The molecule has 0 spiro atoms. The molecule has 0 saturated carbocycles. The van der Waals surface area contributed by atoms with Crippen LogP contribution in [0.1, 0.15) is 11.1 Å². The summed E-state index contributed by atoms with van der Waals surface area (Å²) >= 11 is 6.19. The molecule has 3 rings (SSSR count). The number of ether oxygens (including phenoxy) is 2. The SMILES string of the molecule is COc1ccccc1CNC(=O)COc1ccc(S(=O)(=O)Nc2ccc(C)cc2)cc1Cl. The molecule has 1 amide bonds. The van der Waals surface area contributed by atoms with Gasteiger partial charge in [-0.25, -0.2) is 8.42 Å². The lowest BCUT2D eigenvalue weighted by Gasteiger charge is -2.12. The van der Waals surface area contributed by atoms with Crippen LogP contribution in [0, 0.1) is 6.92 Å². The fraction of sp³-hybridized carbons (Fsp3) is 0.174. The van der Waals surface area contributed by atoms with Crippen LogP contribution < -0.4 is 19.5 Å². The van der Waals surface area contributed by atoms with Gasteiger partial charge in [0.25, 0.3) is 15.9 Å². The van der Waals surface area contributed by atoms with E-state index in [1.165, 1.54) is 18.2 Å². The lowest BCUT2D eigenvalue weighted by Crippen LogP contribution is -2.28. The molecule has 0 aromatic heterocycles.